The van der Waals surface area contributed by atoms with Crippen molar-refractivity contribution in [2.24, 2.45) is 0 Å². The van der Waals surface area contributed by atoms with E-state index in [9.17, 15) is 9.59 Å². The SMILES string of the molecule is CCc1c(C(=O)N2CCN(C(=O)[C@H]3CCCO3)CC2)cnn1-c1ccc(OC)nn1. The number of amides is 2. The van der Waals surface area contributed by atoms with Crippen molar-refractivity contribution in [2.75, 3.05) is 39.9 Å². The number of hydrogen-bond donors (Lipinski definition) is 0. The zero-order valence-corrected chi connectivity index (χ0v) is 17.3. The Morgan fingerprint density at radius 2 is 1.93 bits per heavy atom. The highest BCUT2D eigenvalue weighted by atomic mass is 16.5. The van der Waals surface area contributed by atoms with Crippen LogP contribution in [0.15, 0.2) is 18.3 Å². The molecule has 30 heavy (non-hydrogen) atoms. The minimum atomic E-state index is -0.317. The molecule has 2 aromatic heterocycles. The quantitative estimate of drug-likeness (QED) is 0.709. The third kappa shape index (κ3) is 3.87. The highest BCUT2D eigenvalue weighted by Gasteiger charge is 2.32. The molecule has 10 nitrogen and oxygen atoms in total. The second kappa shape index (κ2) is 8.78. The molecule has 2 amide bonds. The Morgan fingerprint density at radius 1 is 1.17 bits per heavy atom. The van der Waals surface area contributed by atoms with Crippen LogP contribution >= 0.6 is 0 Å². The van der Waals surface area contributed by atoms with Crippen LogP contribution < -0.4 is 4.74 Å². The van der Waals surface area contributed by atoms with Gasteiger partial charge in [-0.05, 0) is 25.3 Å². The van der Waals surface area contributed by atoms with E-state index in [0.29, 0.717) is 56.5 Å². The number of rotatable bonds is 5. The molecule has 0 saturated carbocycles. The number of nitrogens with zero attached hydrogens (tertiary/aromatic N) is 6. The smallest absolute Gasteiger partial charge is 0.257 e. The van der Waals surface area contributed by atoms with E-state index in [-0.39, 0.29) is 17.9 Å². The Bertz CT molecular complexity index is 899. The maximum absolute atomic E-state index is 13.1. The topological polar surface area (TPSA) is 103 Å². The zero-order valence-electron chi connectivity index (χ0n) is 17.3. The van der Waals surface area contributed by atoms with Gasteiger partial charge in [-0.3, -0.25) is 9.59 Å². The van der Waals surface area contributed by atoms with Crippen LogP contribution in [0.3, 0.4) is 0 Å². The summed E-state index contributed by atoms with van der Waals surface area (Å²) in [6.07, 6.45) is 3.59. The van der Waals surface area contributed by atoms with Gasteiger partial charge in [-0.25, -0.2) is 4.68 Å². The van der Waals surface area contributed by atoms with Crippen molar-refractivity contribution in [1.29, 1.82) is 0 Å². The number of methoxy groups -OCH3 is 1. The van der Waals surface area contributed by atoms with Gasteiger partial charge in [0.25, 0.3) is 11.8 Å². The molecule has 10 heteroatoms. The van der Waals surface area contributed by atoms with E-state index < -0.39 is 0 Å². The largest absolute Gasteiger partial charge is 0.480 e. The summed E-state index contributed by atoms with van der Waals surface area (Å²) in [5.41, 5.74) is 1.33. The average molecular weight is 414 g/mol. The highest BCUT2D eigenvalue weighted by Crippen LogP contribution is 2.20. The summed E-state index contributed by atoms with van der Waals surface area (Å²) in [5.74, 6) is 0.901. The number of carbonyl (C=O) groups excluding carboxylic acids is 2. The number of piperazine rings is 1. The van der Waals surface area contributed by atoms with Crippen molar-refractivity contribution in [3.05, 3.63) is 29.6 Å². The minimum Gasteiger partial charge on any atom is -0.480 e. The van der Waals surface area contributed by atoms with Crippen molar-refractivity contribution in [3.8, 4) is 11.7 Å². The molecule has 0 spiro atoms. The molecule has 4 heterocycles. The van der Waals surface area contributed by atoms with E-state index in [1.165, 1.54) is 7.11 Å². The molecular weight excluding hydrogens is 388 g/mol. The molecule has 0 bridgehead atoms. The maximum Gasteiger partial charge on any atom is 0.257 e. The molecule has 0 aliphatic carbocycles. The number of aromatic nitrogens is 4. The van der Waals surface area contributed by atoms with Gasteiger partial charge in [-0.2, -0.15) is 5.10 Å². The average Bonchev–Trinajstić information content (AvgIpc) is 3.48. The molecule has 0 unspecified atom stereocenters. The van der Waals surface area contributed by atoms with Crippen LogP contribution in [0.4, 0.5) is 0 Å². The van der Waals surface area contributed by atoms with E-state index in [1.807, 2.05) is 6.92 Å². The molecule has 2 aromatic rings. The summed E-state index contributed by atoms with van der Waals surface area (Å²) in [5, 5.41) is 12.5. The van der Waals surface area contributed by atoms with Crippen LogP contribution in [0.5, 0.6) is 5.88 Å². The van der Waals surface area contributed by atoms with Gasteiger partial charge in [0, 0.05) is 38.9 Å². The predicted molar refractivity (Wildman–Crippen MR) is 107 cm³/mol. The third-order valence-corrected chi connectivity index (χ3v) is 5.57. The van der Waals surface area contributed by atoms with Gasteiger partial charge in [0.1, 0.15) is 6.10 Å². The molecular formula is C20H26N6O4. The fraction of sp³-hybridized carbons (Fsp3) is 0.550. The summed E-state index contributed by atoms with van der Waals surface area (Å²) in [7, 11) is 1.53. The van der Waals surface area contributed by atoms with E-state index in [0.717, 1.165) is 18.5 Å². The summed E-state index contributed by atoms with van der Waals surface area (Å²) < 4.78 is 12.2. The maximum atomic E-state index is 13.1. The zero-order chi connectivity index (χ0) is 21.1. The van der Waals surface area contributed by atoms with Crippen molar-refractivity contribution in [2.45, 2.75) is 32.3 Å². The van der Waals surface area contributed by atoms with Crippen molar-refractivity contribution < 1.29 is 19.1 Å². The molecule has 0 aromatic carbocycles. The summed E-state index contributed by atoms with van der Waals surface area (Å²) in [6.45, 7) is 4.65. The van der Waals surface area contributed by atoms with Crippen LogP contribution in [0, 0.1) is 0 Å². The number of carbonyl (C=O) groups is 2. The fourth-order valence-electron chi connectivity index (χ4n) is 3.90. The van der Waals surface area contributed by atoms with E-state index in [1.54, 1.807) is 32.8 Å². The standard InChI is InChI=1S/C20H26N6O4/c1-3-15-14(13-21-26(15)17-6-7-18(29-2)23-22-17)19(27)24-8-10-25(11-9-24)20(28)16-5-4-12-30-16/h6-7,13,16H,3-5,8-12H2,1-2H3/t16-/m1/s1. The van der Waals surface area contributed by atoms with Gasteiger partial charge in [0.05, 0.1) is 24.6 Å². The molecule has 2 saturated heterocycles. The van der Waals surface area contributed by atoms with Crippen LogP contribution in [0.25, 0.3) is 5.82 Å². The first-order valence-electron chi connectivity index (χ1n) is 10.3. The number of ether oxygens (including phenoxy) is 2. The van der Waals surface area contributed by atoms with E-state index >= 15 is 0 Å². The molecule has 2 fully saturated rings. The van der Waals surface area contributed by atoms with Gasteiger partial charge in [0.2, 0.25) is 5.88 Å². The van der Waals surface area contributed by atoms with Gasteiger partial charge in [-0.1, -0.05) is 6.92 Å². The molecule has 0 radical (unpaired) electrons. The Hall–Kier alpha value is -3.01. The molecule has 2 aliphatic heterocycles. The van der Waals surface area contributed by atoms with Gasteiger partial charge in [0.15, 0.2) is 5.82 Å². The molecule has 1 atom stereocenters. The normalized spacial score (nSPS) is 19.2. The van der Waals surface area contributed by atoms with E-state index in [2.05, 4.69) is 15.3 Å². The van der Waals surface area contributed by atoms with E-state index in [4.69, 9.17) is 9.47 Å². The number of hydrogen-bond acceptors (Lipinski definition) is 7. The Kier molecular flexibility index (Phi) is 5.93. The second-order valence-corrected chi connectivity index (χ2v) is 7.32. The summed E-state index contributed by atoms with van der Waals surface area (Å²) in [4.78, 5) is 29.2. The van der Waals surface area contributed by atoms with Crippen LogP contribution in [-0.4, -0.2) is 87.6 Å². The monoisotopic (exact) mass is 414 g/mol. The summed E-state index contributed by atoms with van der Waals surface area (Å²) in [6, 6.07) is 3.46. The molecule has 160 valence electrons. The lowest BCUT2D eigenvalue weighted by molar-refractivity contribution is -0.142. The Morgan fingerprint density at radius 3 is 2.53 bits per heavy atom. The molecule has 4 rings (SSSR count). The second-order valence-electron chi connectivity index (χ2n) is 7.32. The molecule has 2 aliphatic rings. The van der Waals surface area contributed by atoms with Gasteiger partial charge >= 0.3 is 0 Å². The summed E-state index contributed by atoms with van der Waals surface area (Å²) >= 11 is 0. The van der Waals surface area contributed by atoms with Crippen LogP contribution in [0.1, 0.15) is 35.8 Å². The molecule has 0 N–H and O–H groups in total. The first kappa shape index (κ1) is 20.3. The predicted octanol–water partition coefficient (Wildman–Crippen LogP) is 0.697. The third-order valence-electron chi connectivity index (χ3n) is 5.57. The highest BCUT2D eigenvalue weighted by molar-refractivity contribution is 5.95. The van der Waals surface area contributed by atoms with Crippen molar-refractivity contribution in [3.63, 3.8) is 0 Å². The first-order chi connectivity index (χ1) is 14.6. The van der Waals surface area contributed by atoms with Crippen LogP contribution in [-0.2, 0) is 16.0 Å². The minimum absolute atomic E-state index is 0.0414. The van der Waals surface area contributed by atoms with Gasteiger partial charge in [-0.15, -0.1) is 10.2 Å². The first-order valence-corrected chi connectivity index (χ1v) is 10.3. The Labute approximate surface area is 174 Å². The Balaban J connectivity index is 1.45. The lowest BCUT2D eigenvalue weighted by Crippen LogP contribution is -2.52. The lowest BCUT2D eigenvalue weighted by Gasteiger charge is -2.35. The fourth-order valence-corrected chi connectivity index (χ4v) is 3.90. The van der Waals surface area contributed by atoms with Crippen molar-refractivity contribution >= 4 is 11.8 Å². The van der Waals surface area contributed by atoms with Gasteiger partial charge < -0.3 is 19.3 Å². The van der Waals surface area contributed by atoms with Crippen LogP contribution in [0.2, 0.25) is 0 Å². The lowest BCUT2D eigenvalue weighted by atomic mass is 10.1. The van der Waals surface area contributed by atoms with Crippen molar-refractivity contribution in [1.82, 2.24) is 29.8 Å².